The van der Waals surface area contributed by atoms with E-state index >= 15 is 0 Å². The molecule has 1 saturated heterocycles. The van der Waals surface area contributed by atoms with Crippen molar-refractivity contribution in [3.05, 3.63) is 0 Å². The summed E-state index contributed by atoms with van der Waals surface area (Å²) >= 11 is 0. The summed E-state index contributed by atoms with van der Waals surface area (Å²) in [6.07, 6.45) is 2.34. The van der Waals surface area contributed by atoms with Gasteiger partial charge < -0.3 is 15.3 Å². The minimum absolute atomic E-state index is 0.118. The average molecular weight is 242 g/mol. The molecule has 17 heavy (non-hydrogen) atoms. The number of carboxylic acid groups (broad SMARTS) is 1. The van der Waals surface area contributed by atoms with Gasteiger partial charge in [-0.3, -0.25) is 4.79 Å². The molecular formula is C12H22N2O3. The first-order chi connectivity index (χ1) is 7.81. The Hall–Kier alpha value is -1.10. The van der Waals surface area contributed by atoms with Crippen molar-refractivity contribution in [3.63, 3.8) is 0 Å². The molecule has 1 amide bonds. The number of rotatable bonds is 3. The Bertz CT molecular complexity index is 297. The van der Waals surface area contributed by atoms with E-state index in [1.165, 1.54) is 4.90 Å². The van der Waals surface area contributed by atoms with Crippen LogP contribution in [0.3, 0.4) is 0 Å². The van der Waals surface area contributed by atoms with Crippen molar-refractivity contribution >= 4 is 11.9 Å². The summed E-state index contributed by atoms with van der Waals surface area (Å²) in [4.78, 5) is 24.5. The molecule has 0 aromatic heterocycles. The predicted octanol–water partition coefficient (Wildman–Crippen LogP) is 0.840. The van der Waals surface area contributed by atoms with E-state index in [0.717, 1.165) is 12.8 Å². The number of carbonyl (C=O) groups excluding carboxylic acids is 1. The molecule has 0 radical (unpaired) electrons. The zero-order chi connectivity index (χ0) is 13.1. The molecule has 5 heteroatoms. The lowest BCUT2D eigenvalue weighted by molar-refractivity contribution is -0.151. The monoisotopic (exact) mass is 242 g/mol. The molecule has 1 aliphatic heterocycles. The first-order valence-electron chi connectivity index (χ1n) is 6.08. The first kappa shape index (κ1) is 14.0. The molecule has 98 valence electrons. The molecule has 1 fully saturated rings. The Balaban J connectivity index is 2.56. The summed E-state index contributed by atoms with van der Waals surface area (Å²) in [5.41, 5.74) is -0.135. The van der Waals surface area contributed by atoms with Gasteiger partial charge in [0, 0.05) is 12.1 Å². The van der Waals surface area contributed by atoms with Crippen LogP contribution in [-0.2, 0) is 9.59 Å². The Kier molecular flexibility index (Phi) is 4.51. The summed E-state index contributed by atoms with van der Waals surface area (Å²) in [7, 11) is 0. The number of carboxylic acids is 1. The number of piperidine rings is 1. The van der Waals surface area contributed by atoms with Crippen LogP contribution in [0.25, 0.3) is 0 Å². The topological polar surface area (TPSA) is 69.6 Å². The Morgan fingerprint density at radius 3 is 2.53 bits per heavy atom. The number of likely N-dealkylation sites (tertiary alicyclic amines) is 1. The van der Waals surface area contributed by atoms with Crippen molar-refractivity contribution in [2.45, 2.75) is 51.6 Å². The number of aliphatic carboxylic acids is 1. The number of hydrogen-bond donors (Lipinski definition) is 2. The van der Waals surface area contributed by atoms with Crippen LogP contribution in [-0.4, -0.2) is 46.6 Å². The zero-order valence-corrected chi connectivity index (χ0v) is 10.8. The van der Waals surface area contributed by atoms with Crippen LogP contribution < -0.4 is 5.32 Å². The van der Waals surface area contributed by atoms with Crippen LogP contribution in [0.2, 0.25) is 0 Å². The maximum atomic E-state index is 12.0. The minimum atomic E-state index is -0.895. The number of amides is 1. The molecule has 0 unspecified atom stereocenters. The highest BCUT2D eigenvalue weighted by Crippen LogP contribution is 2.17. The van der Waals surface area contributed by atoms with Gasteiger partial charge in [0.1, 0.15) is 6.04 Å². The van der Waals surface area contributed by atoms with Gasteiger partial charge in [0.2, 0.25) is 5.91 Å². The van der Waals surface area contributed by atoms with E-state index in [0.29, 0.717) is 13.0 Å². The van der Waals surface area contributed by atoms with Crippen LogP contribution >= 0.6 is 0 Å². The number of nitrogens with one attached hydrogen (secondary N) is 1. The van der Waals surface area contributed by atoms with E-state index in [1.54, 1.807) is 0 Å². The standard InChI is InChI=1S/C12H22N2O3/c1-12(2,3)13-8-10(15)14-7-5-4-6-9(14)11(16)17/h9,13H,4-8H2,1-3H3,(H,16,17)/t9-/m0/s1. The second-order valence-corrected chi connectivity index (χ2v) is 5.54. The molecule has 2 N–H and O–H groups in total. The molecule has 0 aliphatic carbocycles. The zero-order valence-electron chi connectivity index (χ0n) is 10.8. The molecule has 0 spiro atoms. The lowest BCUT2D eigenvalue weighted by atomic mass is 10.0. The fourth-order valence-corrected chi connectivity index (χ4v) is 1.93. The van der Waals surface area contributed by atoms with Crippen LogP contribution in [0.1, 0.15) is 40.0 Å². The van der Waals surface area contributed by atoms with Crippen molar-refractivity contribution in [3.8, 4) is 0 Å². The smallest absolute Gasteiger partial charge is 0.326 e. The first-order valence-corrected chi connectivity index (χ1v) is 6.08. The lowest BCUT2D eigenvalue weighted by Gasteiger charge is -2.34. The number of nitrogens with zero attached hydrogens (tertiary/aromatic N) is 1. The number of hydrogen-bond acceptors (Lipinski definition) is 3. The fraction of sp³-hybridized carbons (Fsp3) is 0.833. The van der Waals surface area contributed by atoms with Gasteiger partial charge in [-0.1, -0.05) is 0 Å². The van der Waals surface area contributed by atoms with Crippen molar-refractivity contribution in [1.29, 1.82) is 0 Å². The Morgan fingerprint density at radius 1 is 1.35 bits per heavy atom. The van der Waals surface area contributed by atoms with Gasteiger partial charge in [-0.15, -0.1) is 0 Å². The van der Waals surface area contributed by atoms with E-state index in [-0.39, 0.29) is 18.0 Å². The van der Waals surface area contributed by atoms with Gasteiger partial charge >= 0.3 is 5.97 Å². The van der Waals surface area contributed by atoms with E-state index in [4.69, 9.17) is 5.11 Å². The molecule has 1 rings (SSSR count). The van der Waals surface area contributed by atoms with E-state index in [9.17, 15) is 9.59 Å². The minimum Gasteiger partial charge on any atom is -0.480 e. The molecule has 0 aromatic carbocycles. The second kappa shape index (κ2) is 5.49. The third kappa shape index (κ3) is 4.34. The molecule has 0 saturated carbocycles. The van der Waals surface area contributed by atoms with Crippen molar-refractivity contribution in [2.24, 2.45) is 0 Å². The summed E-state index contributed by atoms with van der Waals surface area (Å²) in [6, 6.07) is -0.641. The maximum absolute atomic E-state index is 12.0. The molecule has 1 atom stereocenters. The van der Waals surface area contributed by atoms with Crippen LogP contribution in [0.4, 0.5) is 0 Å². The van der Waals surface area contributed by atoms with Crippen molar-refractivity contribution in [2.75, 3.05) is 13.1 Å². The normalized spacial score (nSPS) is 21.4. The summed E-state index contributed by atoms with van der Waals surface area (Å²) in [5, 5.41) is 12.2. The molecule has 1 heterocycles. The highest BCUT2D eigenvalue weighted by atomic mass is 16.4. The summed E-state index contributed by atoms with van der Waals surface area (Å²) < 4.78 is 0. The van der Waals surface area contributed by atoms with E-state index in [2.05, 4.69) is 5.32 Å². The van der Waals surface area contributed by atoms with Gasteiger partial charge in [-0.25, -0.2) is 4.79 Å². The third-order valence-corrected chi connectivity index (χ3v) is 2.88. The van der Waals surface area contributed by atoms with Gasteiger partial charge in [0.15, 0.2) is 0 Å². The number of carbonyl (C=O) groups is 2. The SMILES string of the molecule is CC(C)(C)NCC(=O)N1CCCC[C@H]1C(=O)O. The van der Waals surface area contributed by atoms with Gasteiger partial charge in [-0.05, 0) is 40.0 Å². The van der Waals surface area contributed by atoms with Crippen LogP contribution in [0.5, 0.6) is 0 Å². The van der Waals surface area contributed by atoms with Gasteiger partial charge in [-0.2, -0.15) is 0 Å². The summed E-state index contributed by atoms with van der Waals surface area (Å²) in [6.45, 7) is 6.69. The van der Waals surface area contributed by atoms with Crippen molar-refractivity contribution in [1.82, 2.24) is 10.2 Å². The maximum Gasteiger partial charge on any atom is 0.326 e. The van der Waals surface area contributed by atoms with Crippen LogP contribution in [0, 0.1) is 0 Å². The molecular weight excluding hydrogens is 220 g/mol. The highest BCUT2D eigenvalue weighted by molar-refractivity contribution is 5.85. The molecule has 1 aliphatic rings. The van der Waals surface area contributed by atoms with Gasteiger partial charge in [0.25, 0.3) is 0 Å². The van der Waals surface area contributed by atoms with Gasteiger partial charge in [0.05, 0.1) is 6.54 Å². The summed E-state index contributed by atoms with van der Waals surface area (Å²) in [5.74, 6) is -1.01. The molecule has 0 bridgehead atoms. The van der Waals surface area contributed by atoms with E-state index < -0.39 is 12.0 Å². The predicted molar refractivity (Wildman–Crippen MR) is 64.7 cm³/mol. The largest absolute Gasteiger partial charge is 0.480 e. The van der Waals surface area contributed by atoms with Crippen LogP contribution in [0.15, 0.2) is 0 Å². The average Bonchev–Trinajstić information content (AvgIpc) is 2.25. The molecule has 5 nitrogen and oxygen atoms in total. The highest BCUT2D eigenvalue weighted by Gasteiger charge is 2.31. The Morgan fingerprint density at radius 2 is 2.00 bits per heavy atom. The van der Waals surface area contributed by atoms with E-state index in [1.807, 2.05) is 20.8 Å². The fourth-order valence-electron chi connectivity index (χ4n) is 1.93. The quantitative estimate of drug-likeness (QED) is 0.769. The Labute approximate surface area is 102 Å². The molecule has 0 aromatic rings. The third-order valence-electron chi connectivity index (χ3n) is 2.88. The lowest BCUT2D eigenvalue weighted by Crippen LogP contribution is -2.52. The van der Waals surface area contributed by atoms with Crippen molar-refractivity contribution < 1.29 is 14.7 Å². The second-order valence-electron chi connectivity index (χ2n) is 5.54.